The molecule has 0 aliphatic heterocycles. The molecule has 188 valence electrons. The maximum atomic E-state index is 12.8. The predicted octanol–water partition coefficient (Wildman–Crippen LogP) is 3.84. The van der Waals surface area contributed by atoms with Crippen LogP contribution in [0.5, 0.6) is 5.75 Å². The third-order valence-corrected chi connectivity index (χ3v) is 4.73. The summed E-state index contributed by atoms with van der Waals surface area (Å²) < 4.78 is 10.5. The van der Waals surface area contributed by atoms with Gasteiger partial charge in [-0.15, -0.1) is 0 Å². The summed E-state index contributed by atoms with van der Waals surface area (Å²) in [5.41, 5.74) is 3.19. The maximum Gasteiger partial charge on any atom is 0.335 e. The highest BCUT2D eigenvalue weighted by atomic mass is 16.6. The first-order valence-electron chi connectivity index (χ1n) is 11.2. The number of hydrogen-bond donors (Lipinski definition) is 2. The van der Waals surface area contributed by atoms with Gasteiger partial charge >= 0.3 is 17.9 Å². The monoisotopic (exact) mass is 485 g/mol. The van der Waals surface area contributed by atoms with Crippen molar-refractivity contribution in [1.82, 2.24) is 5.48 Å². The Morgan fingerprint density at radius 2 is 1.69 bits per heavy atom. The van der Waals surface area contributed by atoms with Gasteiger partial charge in [0.2, 0.25) is 5.91 Å². The van der Waals surface area contributed by atoms with E-state index in [1.807, 2.05) is 0 Å². The summed E-state index contributed by atoms with van der Waals surface area (Å²) in [6.07, 6.45) is 0.436. The second kappa shape index (κ2) is 12.7. The lowest BCUT2D eigenvalue weighted by atomic mass is 9.93. The summed E-state index contributed by atoms with van der Waals surface area (Å²) in [4.78, 5) is 52.5. The molecule has 0 fully saturated rings. The van der Waals surface area contributed by atoms with Crippen molar-refractivity contribution in [2.45, 2.75) is 59.2 Å². The minimum Gasteiger partial charge on any atom is -0.478 e. The molecule has 1 amide bonds. The van der Waals surface area contributed by atoms with Crippen LogP contribution >= 0.6 is 0 Å². The van der Waals surface area contributed by atoms with E-state index in [0.29, 0.717) is 11.3 Å². The Kier molecular flexibility index (Phi) is 9.96. The molecule has 0 radical (unpaired) electrons. The maximum absolute atomic E-state index is 12.8. The lowest BCUT2D eigenvalue weighted by Gasteiger charge is -2.24. The van der Waals surface area contributed by atoms with Crippen molar-refractivity contribution in [3.05, 3.63) is 65.2 Å². The molecule has 2 aromatic carbocycles. The quantitative estimate of drug-likeness (QED) is 0.279. The van der Waals surface area contributed by atoms with Crippen molar-refractivity contribution in [3.8, 4) is 5.75 Å². The average molecular weight is 486 g/mol. The van der Waals surface area contributed by atoms with Crippen molar-refractivity contribution in [1.29, 1.82) is 0 Å². The first-order chi connectivity index (χ1) is 16.4. The zero-order chi connectivity index (χ0) is 26.0. The minimum atomic E-state index is -1.06. The Bertz CT molecular complexity index is 1040. The van der Waals surface area contributed by atoms with Crippen LogP contribution in [0.25, 0.3) is 0 Å². The first kappa shape index (κ1) is 27.5. The summed E-state index contributed by atoms with van der Waals surface area (Å²) in [6, 6.07) is 13.0. The van der Waals surface area contributed by atoms with Gasteiger partial charge in [-0.1, -0.05) is 24.3 Å². The average Bonchev–Trinajstić information content (AvgIpc) is 2.76. The Morgan fingerprint density at radius 3 is 2.29 bits per heavy atom. The van der Waals surface area contributed by atoms with Gasteiger partial charge in [0.05, 0.1) is 18.1 Å². The number of aromatic carboxylic acids is 1. The number of ether oxygens (including phenoxy) is 2. The van der Waals surface area contributed by atoms with E-state index >= 15 is 0 Å². The van der Waals surface area contributed by atoms with Gasteiger partial charge in [0, 0.05) is 13.3 Å². The molecule has 0 aliphatic rings. The van der Waals surface area contributed by atoms with E-state index in [2.05, 4.69) is 5.48 Å². The fraction of sp³-hybridized carbons (Fsp3) is 0.385. The first-order valence-corrected chi connectivity index (χ1v) is 11.2. The number of carboxylic acids is 1. The molecule has 0 saturated carbocycles. The summed E-state index contributed by atoms with van der Waals surface area (Å²) in [5, 5.41) is 9.22. The molecule has 0 heterocycles. The molecule has 1 atom stereocenters. The van der Waals surface area contributed by atoms with Gasteiger partial charge in [0.15, 0.2) is 0 Å². The zero-order valence-corrected chi connectivity index (χ0v) is 20.3. The molecule has 1 unspecified atom stereocenters. The highest BCUT2D eigenvalue weighted by molar-refractivity contribution is 5.87. The predicted molar refractivity (Wildman–Crippen MR) is 126 cm³/mol. The molecule has 0 bridgehead atoms. The fourth-order valence-corrected chi connectivity index (χ4v) is 3.18. The fourth-order valence-electron chi connectivity index (χ4n) is 3.18. The number of nitrogens with one attached hydrogen (secondary N) is 1. The highest BCUT2D eigenvalue weighted by Gasteiger charge is 2.26. The Balaban J connectivity index is 1.92. The molecule has 0 aliphatic carbocycles. The van der Waals surface area contributed by atoms with E-state index in [9.17, 15) is 24.3 Å². The molecule has 2 N–H and O–H groups in total. The lowest BCUT2D eigenvalue weighted by molar-refractivity contribution is -0.160. The number of esters is 2. The van der Waals surface area contributed by atoms with Crippen LogP contribution in [0.2, 0.25) is 0 Å². The van der Waals surface area contributed by atoms with Crippen LogP contribution in [-0.2, 0) is 37.0 Å². The molecule has 0 aromatic heterocycles. The van der Waals surface area contributed by atoms with Crippen LogP contribution in [-0.4, -0.2) is 34.5 Å². The summed E-state index contributed by atoms with van der Waals surface area (Å²) in [6.45, 7) is 6.68. The van der Waals surface area contributed by atoms with E-state index in [4.69, 9.17) is 14.3 Å². The molecule has 0 spiro atoms. The number of carbonyl (C=O) groups excluding carboxylic acids is 3. The van der Waals surface area contributed by atoms with Gasteiger partial charge in [-0.2, -0.15) is 0 Å². The third-order valence-electron chi connectivity index (χ3n) is 4.73. The molecule has 9 heteroatoms. The molecule has 2 aromatic rings. The third kappa shape index (κ3) is 10.4. The smallest absolute Gasteiger partial charge is 0.335 e. The normalized spacial score (nSPS) is 11.9. The lowest BCUT2D eigenvalue weighted by Crippen LogP contribution is -2.31. The second-order valence-corrected chi connectivity index (χ2v) is 9.03. The van der Waals surface area contributed by atoms with Gasteiger partial charge in [-0.25, -0.2) is 10.3 Å². The van der Waals surface area contributed by atoms with Crippen LogP contribution in [0.3, 0.4) is 0 Å². The van der Waals surface area contributed by atoms with Crippen molar-refractivity contribution in [2.75, 3.05) is 0 Å². The van der Waals surface area contributed by atoms with Crippen LogP contribution in [0.4, 0.5) is 0 Å². The highest BCUT2D eigenvalue weighted by Crippen LogP contribution is 2.21. The van der Waals surface area contributed by atoms with E-state index in [0.717, 1.165) is 5.56 Å². The van der Waals surface area contributed by atoms with Gasteiger partial charge < -0.3 is 14.6 Å². The topological polar surface area (TPSA) is 128 Å². The molecule has 9 nitrogen and oxygen atoms in total. The van der Waals surface area contributed by atoms with Crippen LogP contribution in [0.1, 0.15) is 62.0 Å². The number of carbonyl (C=O) groups is 4. The molecular formula is C26H31NO8. The number of carboxylic acid groups (broad SMARTS) is 1. The standard InChI is InChI=1S/C26H31NO8/c1-17(28)34-22-11-8-18(9-12-22)16-33-27-23(29)13-10-21(25(32)35-26(2,3)4)15-19-6-5-7-20(14-19)24(30)31/h5-9,11-12,14,21H,10,13,15-16H2,1-4H3,(H,27,29)(H,30,31). The van der Waals surface area contributed by atoms with Crippen LogP contribution < -0.4 is 10.2 Å². The van der Waals surface area contributed by atoms with Gasteiger partial charge in [0.25, 0.3) is 0 Å². The van der Waals surface area contributed by atoms with E-state index in [1.165, 1.54) is 19.1 Å². The summed E-state index contributed by atoms with van der Waals surface area (Å²) in [5.74, 6) is -2.57. The van der Waals surface area contributed by atoms with Crippen LogP contribution in [0.15, 0.2) is 48.5 Å². The van der Waals surface area contributed by atoms with E-state index < -0.39 is 35.3 Å². The SMILES string of the molecule is CC(=O)Oc1ccc(CONC(=O)CCC(Cc2cccc(C(=O)O)c2)C(=O)OC(C)(C)C)cc1. The van der Waals surface area contributed by atoms with E-state index in [1.54, 1.807) is 57.2 Å². The Hall–Kier alpha value is -3.72. The zero-order valence-electron chi connectivity index (χ0n) is 20.3. The largest absolute Gasteiger partial charge is 0.478 e. The number of benzene rings is 2. The Labute approximate surface area is 204 Å². The number of hydroxylamine groups is 1. The molecular weight excluding hydrogens is 454 g/mol. The van der Waals surface area contributed by atoms with E-state index in [-0.39, 0.29) is 31.4 Å². The van der Waals surface area contributed by atoms with Gasteiger partial charge in [-0.05, 0) is 69.0 Å². The second-order valence-electron chi connectivity index (χ2n) is 9.03. The summed E-state index contributed by atoms with van der Waals surface area (Å²) >= 11 is 0. The number of rotatable bonds is 11. The van der Waals surface area contributed by atoms with Crippen molar-refractivity contribution in [3.63, 3.8) is 0 Å². The Morgan fingerprint density at radius 1 is 1.00 bits per heavy atom. The van der Waals surface area contributed by atoms with Gasteiger partial charge in [-0.3, -0.25) is 19.2 Å². The van der Waals surface area contributed by atoms with Crippen molar-refractivity contribution < 1.29 is 38.6 Å². The van der Waals surface area contributed by atoms with Crippen LogP contribution in [0, 0.1) is 5.92 Å². The molecule has 2 rings (SSSR count). The van der Waals surface area contributed by atoms with Crippen molar-refractivity contribution >= 4 is 23.8 Å². The molecule has 0 saturated heterocycles. The minimum absolute atomic E-state index is 0.00786. The van der Waals surface area contributed by atoms with Gasteiger partial charge in [0.1, 0.15) is 11.4 Å². The number of hydrogen-bond acceptors (Lipinski definition) is 7. The number of amides is 1. The molecule has 35 heavy (non-hydrogen) atoms. The van der Waals surface area contributed by atoms with Crippen molar-refractivity contribution in [2.24, 2.45) is 5.92 Å². The summed E-state index contributed by atoms with van der Waals surface area (Å²) in [7, 11) is 0.